The molecule has 0 aliphatic carbocycles. The monoisotopic (exact) mass is 544 g/mol. The van der Waals surface area contributed by atoms with Gasteiger partial charge in [0.2, 0.25) is 11.6 Å². The zero-order chi connectivity index (χ0) is 22.2. The lowest BCUT2D eigenvalue weighted by Gasteiger charge is -2.29. The first-order valence-corrected chi connectivity index (χ1v) is 11.1. The van der Waals surface area contributed by atoms with Crippen molar-refractivity contribution in [1.82, 2.24) is 19.5 Å². The molecule has 0 saturated heterocycles. The van der Waals surface area contributed by atoms with Crippen LogP contribution in [0.2, 0.25) is 0 Å². The first-order valence-electron chi connectivity index (χ1n) is 10.0. The van der Waals surface area contributed by atoms with Crippen LogP contribution in [0.25, 0.3) is 11.2 Å². The minimum atomic E-state index is -0.287. The highest BCUT2D eigenvalue weighted by Gasteiger charge is 2.28. The Hall–Kier alpha value is -3.08. The van der Waals surface area contributed by atoms with Gasteiger partial charge in [0.15, 0.2) is 23.3 Å². The largest absolute Gasteiger partial charge is 0.493 e. The number of aryl methyl sites for hydroxylation is 1. The van der Waals surface area contributed by atoms with Crippen LogP contribution in [0.3, 0.4) is 0 Å². The molecule has 1 atom stereocenters. The molecule has 32 heavy (non-hydrogen) atoms. The smallest absolute Gasteiger partial charge is 0.213 e. The van der Waals surface area contributed by atoms with E-state index in [9.17, 15) is 0 Å². The molecule has 1 unspecified atom stereocenters. The van der Waals surface area contributed by atoms with E-state index < -0.39 is 0 Å². The molecule has 164 valence electrons. The van der Waals surface area contributed by atoms with Crippen molar-refractivity contribution in [3.8, 4) is 23.1 Å². The molecule has 0 spiro atoms. The van der Waals surface area contributed by atoms with Gasteiger partial charge in [-0.1, -0.05) is 0 Å². The number of nitrogens with zero attached hydrogens (tertiary/aromatic N) is 4. The number of hydrogen-bond donors (Lipinski definition) is 0. The number of halogens is 1. The SMILES string of the molecule is COc1cc(C)c(C2COc3cc(Cn4cnc5cc(I)cnc54)cc(OC)c3O2)cn1. The van der Waals surface area contributed by atoms with Gasteiger partial charge < -0.3 is 23.5 Å². The molecule has 0 amide bonds. The van der Waals surface area contributed by atoms with E-state index in [4.69, 9.17) is 18.9 Å². The van der Waals surface area contributed by atoms with Crippen LogP contribution in [0.1, 0.15) is 22.8 Å². The highest BCUT2D eigenvalue weighted by Crippen LogP contribution is 2.45. The minimum absolute atomic E-state index is 0.287. The summed E-state index contributed by atoms with van der Waals surface area (Å²) in [5.74, 6) is 2.43. The van der Waals surface area contributed by atoms with Gasteiger partial charge in [-0.15, -0.1) is 0 Å². The van der Waals surface area contributed by atoms with Crippen molar-refractivity contribution in [3.63, 3.8) is 0 Å². The summed E-state index contributed by atoms with van der Waals surface area (Å²) in [6, 6.07) is 7.84. The molecule has 8 nitrogen and oxygen atoms in total. The van der Waals surface area contributed by atoms with E-state index in [1.165, 1.54) is 0 Å². The number of hydrogen-bond acceptors (Lipinski definition) is 7. The Bertz CT molecular complexity index is 1290. The summed E-state index contributed by atoms with van der Waals surface area (Å²) in [4.78, 5) is 13.3. The maximum Gasteiger partial charge on any atom is 0.213 e. The number of aromatic nitrogens is 4. The van der Waals surface area contributed by atoms with Crippen LogP contribution in [0, 0.1) is 10.5 Å². The van der Waals surface area contributed by atoms with Gasteiger partial charge in [-0.3, -0.25) is 0 Å². The highest BCUT2D eigenvalue weighted by molar-refractivity contribution is 14.1. The molecular formula is C23H21IN4O4. The Labute approximate surface area is 198 Å². The van der Waals surface area contributed by atoms with E-state index in [0.717, 1.165) is 31.4 Å². The van der Waals surface area contributed by atoms with Crippen molar-refractivity contribution < 1.29 is 18.9 Å². The summed E-state index contributed by atoms with van der Waals surface area (Å²) >= 11 is 2.24. The average molecular weight is 544 g/mol. The molecule has 4 aromatic rings. The molecule has 0 fully saturated rings. The summed E-state index contributed by atoms with van der Waals surface area (Å²) in [5.41, 5.74) is 4.69. The van der Waals surface area contributed by atoms with Crippen molar-refractivity contribution in [2.75, 3.05) is 20.8 Å². The summed E-state index contributed by atoms with van der Waals surface area (Å²) in [6.07, 6.45) is 5.12. The van der Waals surface area contributed by atoms with Gasteiger partial charge in [0.05, 0.1) is 27.1 Å². The predicted molar refractivity (Wildman–Crippen MR) is 127 cm³/mol. The van der Waals surface area contributed by atoms with E-state index in [1.54, 1.807) is 26.7 Å². The van der Waals surface area contributed by atoms with E-state index in [0.29, 0.717) is 36.3 Å². The number of benzene rings is 1. The fourth-order valence-corrected chi connectivity index (χ4v) is 4.25. The quantitative estimate of drug-likeness (QED) is 0.347. The van der Waals surface area contributed by atoms with Crippen LogP contribution in [0.5, 0.6) is 23.1 Å². The van der Waals surface area contributed by atoms with Crippen LogP contribution in [-0.4, -0.2) is 40.3 Å². The number of fused-ring (bicyclic) bond motifs is 2. The van der Waals surface area contributed by atoms with Crippen molar-refractivity contribution in [1.29, 1.82) is 0 Å². The third kappa shape index (κ3) is 3.81. The molecule has 5 rings (SSSR count). The van der Waals surface area contributed by atoms with Crippen LogP contribution < -0.4 is 18.9 Å². The first-order chi connectivity index (χ1) is 15.6. The lowest BCUT2D eigenvalue weighted by atomic mass is 10.1. The molecule has 0 saturated carbocycles. The second-order valence-electron chi connectivity index (χ2n) is 7.49. The van der Waals surface area contributed by atoms with Gasteiger partial charge in [0, 0.05) is 27.6 Å². The Morgan fingerprint density at radius 1 is 1.09 bits per heavy atom. The van der Waals surface area contributed by atoms with Crippen LogP contribution in [0.4, 0.5) is 0 Å². The summed E-state index contributed by atoms with van der Waals surface area (Å²) in [5, 5.41) is 0. The van der Waals surface area contributed by atoms with Gasteiger partial charge in [-0.25, -0.2) is 15.0 Å². The van der Waals surface area contributed by atoms with Crippen molar-refractivity contribution in [3.05, 3.63) is 63.2 Å². The Balaban J connectivity index is 1.44. The van der Waals surface area contributed by atoms with E-state index in [2.05, 4.69) is 37.5 Å². The van der Waals surface area contributed by atoms with Gasteiger partial charge in [0.1, 0.15) is 12.1 Å². The van der Waals surface area contributed by atoms with E-state index >= 15 is 0 Å². The maximum atomic E-state index is 6.30. The molecule has 0 radical (unpaired) electrons. The number of ether oxygens (including phenoxy) is 4. The molecule has 1 aliphatic heterocycles. The average Bonchev–Trinajstić information content (AvgIpc) is 3.19. The lowest BCUT2D eigenvalue weighted by Crippen LogP contribution is -2.23. The summed E-state index contributed by atoms with van der Waals surface area (Å²) in [6.45, 7) is 2.97. The molecule has 4 heterocycles. The zero-order valence-corrected chi connectivity index (χ0v) is 20.0. The molecule has 0 bridgehead atoms. The van der Waals surface area contributed by atoms with Crippen LogP contribution in [-0.2, 0) is 6.54 Å². The fraction of sp³-hybridized carbons (Fsp3) is 0.261. The van der Waals surface area contributed by atoms with Gasteiger partial charge >= 0.3 is 0 Å². The summed E-state index contributed by atoms with van der Waals surface area (Å²) < 4.78 is 26.3. The third-order valence-corrected chi connectivity index (χ3v) is 6.00. The second-order valence-corrected chi connectivity index (χ2v) is 8.74. The Kier molecular flexibility index (Phi) is 5.50. The van der Waals surface area contributed by atoms with Crippen molar-refractivity contribution in [2.45, 2.75) is 19.6 Å². The lowest BCUT2D eigenvalue weighted by molar-refractivity contribution is 0.0862. The zero-order valence-electron chi connectivity index (χ0n) is 17.8. The molecule has 0 N–H and O–H groups in total. The summed E-state index contributed by atoms with van der Waals surface area (Å²) in [7, 11) is 3.23. The van der Waals surface area contributed by atoms with E-state index in [-0.39, 0.29) is 6.10 Å². The van der Waals surface area contributed by atoms with Gasteiger partial charge in [-0.2, -0.15) is 0 Å². The number of imidazole rings is 1. The minimum Gasteiger partial charge on any atom is -0.493 e. The second kappa shape index (κ2) is 8.45. The first kappa shape index (κ1) is 20.8. The van der Waals surface area contributed by atoms with Gasteiger partial charge in [0.25, 0.3) is 0 Å². The normalized spacial score (nSPS) is 15.1. The molecule has 1 aliphatic rings. The van der Waals surface area contributed by atoms with Gasteiger partial charge in [-0.05, 0) is 58.8 Å². The predicted octanol–water partition coefficient (Wildman–Crippen LogP) is 4.32. The Morgan fingerprint density at radius 2 is 1.97 bits per heavy atom. The van der Waals surface area contributed by atoms with Crippen molar-refractivity contribution in [2.24, 2.45) is 0 Å². The molecule has 1 aromatic carbocycles. The fourth-order valence-electron chi connectivity index (χ4n) is 3.82. The maximum absolute atomic E-state index is 6.30. The topological polar surface area (TPSA) is 80.5 Å². The highest BCUT2D eigenvalue weighted by atomic mass is 127. The number of pyridine rings is 2. The molecule has 3 aromatic heterocycles. The van der Waals surface area contributed by atoms with Crippen LogP contribution >= 0.6 is 22.6 Å². The standard InChI is InChI=1S/C23H21IN4O4/c1-13-4-21(30-3)25-9-16(13)20-11-31-19-6-14(5-18(29-2)22(19)32-20)10-28-12-27-17-7-15(24)8-26-23(17)28/h4-9,12,20H,10-11H2,1-3H3. The van der Waals surface area contributed by atoms with E-state index in [1.807, 2.05) is 42.0 Å². The van der Waals surface area contributed by atoms with Crippen molar-refractivity contribution >= 4 is 33.8 Å². The Morgan fingerprint density at radius 3 is 2.75 bits per heavy atom. The molecular weight excluding hydrogens is 523 g/mol. The molecule has 9 heteroatoms. The third-order valence-electron chi connectivity index (χ3n) is 5.41. The number of rotatable bonds is 5. The van der Waals surface area contributed by atoms with Crippen LogP contribution in [0.15, 0.2) is 43.0 Å². The number of methoxy groups -OCH3 is 2.